The fraction of sp³-hybridized carbons (Fsp3) is 0.273. The molecule has 0 amide bonds. The Bertz CT molecular complexity index is 371. The molecule has 80 valence electrons. The highest BCUT2D eigenvalue weighted by atomic mass is 16.5. The SMILES string of the molecule is CCOC(C)=C(C(=O)O)c1ccccn1. The van der Waals surface area contributed by atoms with E-state index in [4.69, 9.17) is 9.84 Å². The first-order chi connectivity index (χ1) is 7.16. The highest BCUT2D eigenvalue weighted by Gasteiger charge is 2.15. The van der Waals surface area contributed by atoms with Crippen LogP contribution in [0.4, 0.5) is 0 Å². The molecule has 0 aromatic carbocycles. The van der Waals surface area contributed by atoms with Crippen molar-refractivity contribution in [3.8, 4) is 0 Å². The Morgan fingerprint density at radius 3 is 2.73 bits per heavy atom. The van der Waals surface area contributed by atoms with Crippen molar-refractivity contribution in [2.75, 3.05) is 6.61 Å². The molecule has 1 heterocycles. The van der Waals surface area contributed by atoms with Crippen LogP contribution in [0.5, 0.6) is 0 Å². The summed E-state index contributed by atoms with van der Waals surface area (Å²) in [5.74, 6) is -0.650. The Labute approximate surface area is 88.2 Å². The second-order valence-electron chi connectivity index (χ2n) is 2.88. The summed E-state index contributed by atoms with van der Waals surface area (Å²) in [5.41, 5.74) is 0.522. The molecule has 0 spiro atoms. The van der Waals surface area contributed by atoms with Gasteiger partial charge in [-0.15, -0.1) is 0 Å². The molecular weight excluding hydrogens is 194 g/mol. The molecule has 4 heteroatoms. The van der Waals surface area contributed by atoms with Crippen molar-refractivity contribution in [3.05, 3.63) is 35.8 Å². The maximum Gasteiger partial charge on any atom is 0.341 e. The summed E-state index contributed by atoms with van der Waals surface area (Å²) >= 11 is 0. The summed E-state index contributed by atoms with van der Waals surface area (Å²) in [4.78, 5) is 15.0. The first kappa shape index (κ1) is 11.2. The van der Waals surface area contributed by atoms with Crippen molar-refractivity contribution in [2.45, 2.75) is 13.8 Å². The predicted octanol–water partition coefficient (Wildman–Crippen LogP) is 1.93. The zero-order valence-corrected chi connectivity index (χ0v) is 8.73. The smallest absolute Gasteiger partial charge is 0.341 e. The topological polar surface area (TPSA) is 59.4 Å². The van der Waals surface area contributed by atoms with E-state index in [1.54, 1.807) is 38.2 Å². The first-order valence-corrected chi connectivity index (χ1v) is 4.65. The molecule has 1 aromatic heterocycles. The van der Waals surface area contributed by atoms with Gasteiger partial charge in [0.2, 0.25) is 0 Å². The Morgan fingerprint density at radius 2 is 2.27 bits per heavy atom. The average molecular weight is 207 g/mol. The summed E-state index contributed by atoms with van der Waals surface area (Å²) in [6.07, 6.45) is 1.55. The number of hydrogen-bond donors (Lipinski definition) is 1. The molecule has 0 atom stereocenters. The largest absolute Gasteiger partial charge is 0.498 e. The minimum atomic E-state index is -1.03. The molecule has 1 N–H and O–H groups in total. The van der Waals surface area contributed by atoms with Gasteiger partial charge in [-0.1, -0.05) is 6.07 Å². The molecule has 0 saturated heterocycles. The minimum absolute atomic E-state index is 0.109. The molecule has 0 saturated carbocycles. The lowest BCUT2D eigenvalue weighted by Gasteiger charge is -2.07. The number of nitrogens with zero attached hydrogens (tertiary/aromatic N) is 1. The summed E-state index contributed by atoms with van der Waals surface area (Å²) in [6, 6.07) is 5.12. The fourth-order valence-corrected chi connectivity index (χ4v) is 1.24. The first-order valence-electron chi connectivity index (χ1n) is 4.65. The van der Waals surface area contributed by atoms with E-state index in [9.17, 15) is 4.79 Å². The standard InChI is InChI=1S/C11H13NO3/c1-3-15-8(2)10(11(13)14)9-6-4-5-7-12-9/h4-7H,3H2,1-2H3,(H,13,14). The number of hydrogen-bond acceptors (Lipinski definition) is 3. The van der Waals surface area contributed by atoms with E-state index in [0.29, 0.717) is 18.1 Å². The molecule has 1 rings (SSSR count). The monoisotopic (exact) mass is 207 g/mol. The van der Waals surface area contributed by atoms with E-state index < -0.39 is 5.97 Å². The number of rotatable bonds is 4. The van der Waals surface area contributed by atoms with Gasteiger partial charge in [0.05, 0.1) is 12.3 Å². The highest BCUT2D eigenvalue weighted by molar-refractivity contribution is 6.15. The van der Waals surface area contributed by atoms with Crippen LogP contribution in [-0.2, 0) is 9.53 Å². The van der Waals surface area contributed by atoms with Crippen molar-refractivity contribution < 1.29 is 14.6 Å². The quantitative estimate of drug-likeness (QED) is 0.605. The normalized spacial score (nSPS) is 11.9. The fourth-order valence-electron chi connectivity index (χ4n) is 1.24. The van der Waals surface area contributed by atoms with Gasteiger partial charge < -0.3 is 9.84 Å². The van der Waals surface area contributed by atoms with Crippen LogP contribution in [0, 0.1) is 0 Å². The Morgan fingerprint density at radius 1 is 1.53 bits per heavy atom. The van der Waals surface area contributed by atoms with Gasteiger partial charge in [0.15, 0.2) is 0 Å². The van der Waals surface area contributed by atoms with Crippen LogP contribution in [-0.4, -0.2) is 22.7 Å². The summed E-state index contributed by atoms with van der Waals surface area (Å²) in [7, 11) is 0. The number of aliphatic carboxylic acids is 1. The molecule has 0 aliphatic carbocycles. The Hall–Kier alpha value is -1.84. The zero-order valence-electron chi connectivity index (χ0n) is 8.73. The van der Waals surface area contributed by atoms with Crippen LogP contribution in [0.2, 0.25) is 0 Å². The van der Waals surface area contributed by atoms with Crippen LogP contribution in [0.3, 0.4) is 0 Å². The Kier molecular flexibility index (Phi) is 3.85. The van der Waals surface area contributed by atoms with E-state index >= 15 is 0 Å². The molecule has 1 aromatic rings. The molecule has 0 unspecified atom stereocenters. The Balaban J connectivity index is 3.15. The second kappa shape index (κ2) is 5.14. The lowest BCUT2D eigenvalue weighted by molar-refractivity contribution is -0.130. The summed E-state index contributed by atoms with van der Waals surface area (Å²) in [5, 5.41) is 9.05. The molecule has 0 radical (unpaired) electrons. The maximum absolute atomic E-state index is 11.0. The van der Waals surface area contributed by atoms with Crippen LogP contribution < -0.4 is 0 Å². The lowest BCUT2D eigenvalue weighted by Crippen LogP contribution is -2.06. The number of carboxylic acid groups (broad SMARTS) is 1. The number of carboxylic acids is 1. The molecule has 0 aliphatic heterocycles. The van der Waals surface area contributed by atoms with E-state index in [1.807, 2.05) is 0 Å². The van der Waals surface area contributed by atoms with E-state index in [1.165, 1.54) is 0 Å². The van der Waals surface area contributed by atoms with E-state index in [0.717, 1.165) is 0 Å². The third kappa shape index (κ3) is 2.80. The molecule has 0 aliphatic rings. The van der Waals surface area contributed by atoms with Gasteiger partial charge in [0, 0.05) is 6.20 Å². The molecule has 0 bridgehead atoms. The summed E-state index contributed by atoms with van der Waals surface area (Å²) in [6.45, 7) is 3.87. The number of allylic oxidation sites excluding steroid dienone is 1. The van der Waals surface area contributed by atoms with Gasteiger partial charge in [-0.05, 0) is 26.0 Å². The van der Waals surface area contributed by atoms with Gasteiger partial charge in [0.25, 0.3) is 0 Å². The molecular formula is C11H13NO3. The maximum atomic E-state index is 11.0. The van der Waals surface area contributed by atoms with Gasteiger partial charge in [-0.3, -0.25) is 4.98 Å². The summed E-state index contributed by atoms with van der Waals surface area (Å²) < 4.78 is 5.18. The van der Waals surface area contributed by atoms with Gasteiger partial charge >= 0.3 is 5.97 Å². The van der Waals surface area contributed by atoms with E-state index in [2.05, 4.69) is 4.98 Å². The third-order valence-electron chi connectivity index (χ3n) is 1.85. The second-order valence-corrected chi connectivity index (χ2v) is 2.88. The highest BCUT2D eigenvalue weighted by Crippen LogP contribution is 2.17. The van der Waals surface area contributed by atoms with Crippen molar-refractivity contribution >= 4 is 11.5 Å². The van der Waals surface area contributed by atoms with Crippen LogP contribution in [0.25, 0.3) is 5.57 Å². The predicted molar refractivity (Wildman–Crippen MR) is 56.1 cm³/mol. The molecule has 0 fully saturated rings. The third-order valence-corrected chi connectivity index (χ3v) is 1.85. The molecule has 15 heavy (non-hydrogen) atoms. The zero-order chi connectivity index (χ0) is 11.3. The number of carbonyl (C=O) groups is 1. The van der Waals surface area contributed by atoms with Crippen molar-refractivity contribution in [3.63, 3.8) is 0 Å². The average Bonchev–Trinajstić information content (AvgIpc) is 2.19. The number of pyridine rings is 1. The number of aromatic nitrogens is 1. The van der Waals surface area contributed by atoms with Gasteiger partial charge in [-0.25, -0.2) is 4.79 Å². The minimum Gasteiger partial charge on any atom is -0.498 e. The number of ether oxygens (including phenoxy) is 1. The van der Waals surface area contributed by atoms with Crippen molar-refractivity contribution in [1.82, 2.24) is 4.98 Å². The van der Waals surface area contributed by atoms with E-state index in [-0.39, 0.29) is 5.57 Å². The molecule has 4 nitrogen and oxygen atoms in total. The van der Waals surface area contributed by atoms with Gasteiger partial charge in [0.1, 0.15) is 11.3 Å². The lowest BCUT2D eigenvalue weighted by atomic mass is 10.1. The van der Waals surface area contributed by atoms with Crippen LogP contribution >= 0.6 is 0 Å². The van der Waals surface area contributed by atoms with Crippen molar-refractivity contribution in [1.29, 1.82) is 0 Å². The van der Waals surface area contributed by atoms with Crippen LogP contribution in [0.15, 0.2) is 30.2 Å². The van der Waals surface area contributed by atoms with Crippen molar-refractivity contribution in [2.24, 2.45) is 0 Å². The van der Waals surface area contributed by atoms with Gasteiger partial charge in [-0.2, -0.15) is 0 Å². The van der Waals surface area contributed by atoms with Crippen LogP contribution in [0.1, 0.15) is 19.5 Å².